The van der Waals surface area contributed by atoms with Crippen LogP contribution in [0.2, 0.25) is 0 Å². The van der Waals surface area contributed by atoms with Gasteiger partial charge in [-0.3, -0.25) is 0 Å². The second-order valence-electron chi connectivity index (χ2n) is 5.66. The number of hydrogen-bond donors (Lipinski definition) is 1. The Kier molecular flexibility index (Phi) is 9.96. The molecule has 0 fully saturated rings. The monoisotopic (exact) mass is 321 g/mol. The molecule has 0 saturated heterocycles. The van der Waals surface area contributed by atoms with Crippen LogP contribution in [0.3, 0.4) is 0 Å². The van der Waals surface area contributed by atoms with Crippen molar-refractivity contribution >= 4 is 23.1 Å². The SMILES string of the molecule is CCCCSc1cc(N(CCCC)CCCC)ccc1N=N. The second-order valence-corrected chi connectivity index (χ2v) is 6.80. The van der Waals surface area contributed by atoms with Gasteiger partial charge in [-0.2, -0.15) is 5.11 Å². The Hall–Kier alpha value is -1.03. The molecule has 0 aliphatic carbocycles. The molecule has 4 heteroatoms. The summed E-state index contributed by atoms with van der Waals surface area (Å²) in [6, 6.07) is 6.36. The molecule has 124 valence electrons. The number of thioether (sulfide) groups is 1. The van der Waals surface area contributed by atoms with Gasteiger partial charge in [0.15, 0.2) is 0 Å². The minimum Gasteiger partial charge on any atom is -0.372 e. The maximum atomic E-state index is 7.36. The quantitative estimate of drug-likeness (QED) is 0.266. The Bertz CT molecular complexity index is 426. The van der Waals surface area contributed by atoms with Crippen LogP contribution in [0.1, 0.15) is 59.3 Å². The standard InChI is InChI=1S/C18H31N3S/c1-4-7-12-21(13-8-5-2)16-10-11-17(20-19)18(15-16)22-14-9-6-3/h10-11,15,19H,4-9,12-14H2,1-3H3. The highest BCUT2D eigenvalue weighted by molar-refractivity contribution is 7.99. The second kappa shape index (κ2) is 11.5. The zero-order valence-corrected chi connectivity index (χ0v) is 15.2. The lowest BCUT2D eigenvalue weighted by molar-refractivity contribution is 0.677. The fourth-order valence-corrected chi connectivity index (χ4v) is 3.42. The zero-order valence-electron chi connectivity index (χ0n) is 14.4. The number of benzene rings is 1. The van der Waals surface area contributed by atoms with E-state index in [0.29, 0.717) is 0 Å². The van der Waals surface area contributed by atoms with Crippen LogP contribution in [0, 0.1) is 5.53 Å². The van der Waals surface area contributed by atoms with Gasteiger partial charge in [-0.05, 0) is 43.2 Å². The summed E-state index contributed by atoms with van der Waals surface area (Å²) in [6.45, 7) is 8.93. The van der Waals surface area contributed by atoms with E-state index in [1.165, 1.54) is 44.2 Å². The lowest BCUT2D eigenvalue weighted by atomic mass is 10.2. The third kappa shape index (κ3) is 6.39. The maximum absolute atomic E-state index is 7.36. The smallest absolute Gasteiger partial charge is 0.0987 e. The summed E-state index contributed by atoms with van der Waals surface area (Å²) < 4.78 is 0. The van der Waals surface area contributed by atoms with Crippen molar-refractivity contribution in [2.24, 2.45) is 5.11 Å². The molecule has 0 radical (unpaired) electrons. The predicted octanol–water partition coefficient (Wildman–Crippen LogP) is 6.65. The van der Waals surface area contributed by atoms with Crippen LogP contribution >= 0.6 is 11.8 Å². The number of nitrogens with one attached hydrogen (secondary N) is 1. The van der Waals surface area contributed by atoms with Crippen molar-refractivity contribution in [3.05, 3.63) is 18.2 Å². The van der Waals surface area contributed by atoms with E-state index in [9.17, 15) is 0 Å². The molecule has 0 spiro atoms. The summed E-state index contributed by atoms with van der Waals surface area (Å²) in [7, 11) is 0. The van der Waals surface area contributed by atoms with Crippen molar-refractivity contribution in [3.63, 3.8) is 0 Å². The van der Waals surface area contributed by atoms with Crippen LogP contribution in [0.25, 0.3) is 0 Å². The molecular formula is C18H31N3S. The molecule has 0 aliphatic rings. The van der Waals surface area contributed by atoms with Crippen LogP contribution in [-0.2, 0) is 0 Å². The predicted molar refractivity (Wildman–Crippen MR) is 98.9 cm³/mol. The molecule has 0 heterocycles. The van der Waals surface area contributed by atoms with Gasteiger partial charge in [0.05, 0.1) is 5.69 Å². The van der Waals surface area contributed by atoms with Crippen molar-refractivity contribution in [3.8, 4) is 0 Å². The van der Waals surface area contributed by atoms with Crippen molar-refractivity contribution in [1.82, 2.24) is 0 Å². The number of unbranched alkanes of at least 4 members (excludes halogenated alkanes) is 3. The van der Waals surface area contributed by atoms with Crippen molar-refractivity contribution in [2.75, 3.05) is 23.7 Å². The molecular weight excluding hydrogens is 290 g/mol. The van der Waals surface area contributed by atoms with Crippen molar-refractivity contribution in [2.45, 2.75) is 64.2 Å². The van der Waals surface area contributed by atoms with Crippen molar-refractivity contribution < 1.29 is 0 Å². The molecule has 0 aliphatic heterocycles. The largest absolute Gasteiger partial charge is 0.372 e. The molecule has 0 atom stereocenters. The summed E-state index contributed by atoms with van der Waals surface area (Å²) in [6.07, 6.45) is 7.32. The zero-order chi connectivity index (χ0) is 16.2. The highest BCUT2D eigenvalue weighted by atomic mass is 32.2. The first-order valence-electron chi connectivity index (χ1n) is 8.66. The van der Waals surface area contributed by atoms with E-state index in [2.05, 4.69) is 42.9 Å². The van der Waals surface area contributed by atoms with E-state index in [0.717, 1.165) is 29.4 Å². The first-order valence-corrected chi connectivity index (χ1v) is 9.64. The molecule has 0 saturated carbocycles. The fourth-order valence-electron chi connectivity index (χ4n) is 2.30. The highest BCUT2D eigenvalue weighted by Crippen LogP contribution is 2.34. The first kappa shape index (κ1) is 19.0. The van der Waals surface area contributed by atoms with E-state index < -0.39 is 0 Å². The Morgan fingerprint density at radius 1 is 1.00 bits per heavy atom. The van der Waals surface area contributed by atoms with Gasteiger partial charge in [0.1, 0.15) is 0 Å². The van der Waals surface area contributed by atoms with Gasteiger partial charge < -0.3 is 4.90 Å². The summed E-state index contributed by atoms with van der Waals surface area (Å²) in [4.78, 5) is 3.64. The van der Waals surface area contributed by atoms with Crippen LogP contribution in [0.15, 0.2) is 28.2 Å². The Balaban J connectivity index is 2.88. The Labute approximate surface area is 140 Å². The van der Waals surface area contributed by atoms with E-state index in [1.807, 2.05) is 17.8 Å². The van der Waals surface area contributed by atoms with Gasteiger partial charge in [-0.25, -0.2) is 5.53 Å². The summed E-state index contributed by atoms with van der Waals surface area (Å²) in [5, 5.41) is 3.68. The number of nitrogens with zero attached hydrogens (tertiary/aromatic N) is 2. The fraction of sp³-hybridized carbons (Fsp3) is 0.667. The lowest BCUT2D eigenvalue weighted by Crippen LogP contribution is -2.25. The number of rotatable bonds is 12. The molecule has 1 aromatic carbocycles. The third-order valence-corrected chi connectivity index (χ3v) is 4.88. The van der Waals surface area contributed by atoms with E-state index in [4.69, 9.17) is 5.53 Å². The summed E-state index contributed by atoms with van der Waals surface area (Å²) in [5.74, 6) is 1.10. The minimum absolute atomic E-state index is 0.802. The van der Waals surface area contributed by atoms with E-state index >= 15 is 0 Å². The topological polar surface area (TPSA) is 39.5 Å². The molecule has 22 heavy (non-hydrogen) atoms. The average molecular weight is 322 g/mol. The maximum Gasteiger partial charge on any atom is 0.0987 e. The van der Waals surface area contributed by atoms with Gasteiger partial charge in [0, 0.05) is 23.7 Å². The molecule has 1 aromatic rings. The molecule has 3 nitrogen and oxygen atoms in total. The Morgan fingerprint density at radius 3 is 2.18 bits per heavy atom. The van der Waals surface area contributed by atoms with Gasteiger partial charge in [0.25, 0.3) is 0 Å². The van der Waals surface area contributed by atoms with E-state index in [1.54, 1.807) is 0 Å². The molecule has 0 aromatic heterocycles. The van der Waals surface area contributed by atoms with Gasteiger partial charge in [-0.1, -0.05) is 40.0 Å². The van der Waals surface area contributed by atoms with Crippen LogP contribution in [-0.4, -0.2) is 18.8 Å². The normalized spacial score (nSPS) is 10.7. The summed E-state index contributed by atoms with van der Waals surface area (Å²) >= 11 is 1.84. The minimum atomic E-state index is 0.802. The van der Waals surface area contributed by atoms with Gasteiger partial charge >= 0.3 is 0 Å². The molecule has 0 amide bonds. The molecule has 0 bridgehead atoms. The Morgan fingerprint density at radius 2 is 1.64 bits per heavy atom. The third-order valence-electron chi connectivity index (χ3n) is 3.75. The van der Waals surface area contributed by atoms with Crippen LogP contribution < -0.4 is 4.90 Å². The van der Waals surface area contributed by atoms with Gasteiger partial charge in [-0.15, -0.1) is 11.8 Å². The van der Waals surface area contributed by atoms with Crippen LogP contribution in [0.5, 0.6) is 0 Å². The van der Waals surface area contributed by atoms with Crippen molar-refractivity contribution in [1.29, 1.82) is 5.53 Å². The first-order chi connectivity index (χ1) is 10.8. The molecule has 0 unspecified atom stereocenters. The van der Waals surface area contributed by atoms with Crippen LogP contribution in [0.4, 0.5) is 11.4 Å². The number of anilines is 1. The molecule has 1 rings (SSSR count). The highest BCUT2D eigenvalue weighted by Gasteiger charge is 2.10. The number of hydrogen-bond acceptors (Lipinski definition) is 4. The lowest BCUT2D eigenvalue weighted by Gasteiger charge is -2.25. The van der Waals surface area contributed by atoms with E-state index in [-0.39, 0.29) is 0 Å². The van der Waals surface area contributed by atoms with Gasteiger partial charge in [0.2, 0.25) is 0 Å². The average Bonchev–Trinajstić information content (AvgIpc) is 2.55. The summed E-state index contributed by atoms with van der Waals surface area (Å²) in [5.41, 5.74) is 9.45. The molecule has 1 N–H and O–H groups in total.